The van der Waals surface area contributed by atoms with Crippen molar-refractivity contribution in [1.29, 1.82) is 0 Å². The number of anilines is 1. The van der Waals surface area contributed by atoms with E-state index in [2.05, 4.69) is 4.72 Å². The average Bonchev–Trinajstić information content (AvgIpc) is 3.36. The number of hydrogen-bond acceptors (Lipinski definition) is 7. The van der Waals surface area contributed by atoms with Crippen LogP contribution >= 0.6 is 11.3 Å². The summed E-state index contributed by atoms with van der Waals surface area (Å²) in [6.45, 7) is 6.00. The van der Waals surface area contributed by atoms with Gasteiger partial charge in [-0.05, 0) is 63.3 Å². The number of ether oxygens (including phenoxy) is 2. The quantitative estimate of drug-likeness (QED) is 0.643. The molecule has 0 radical (unpaired) electrons. The van der Waals surface area contributed by atoms with Gasteiger partial charge < -0.3 is 14.4 Å². The standard InChI is InChI=1S/C21H26N2O6S2/c1-21(2,3)29-20(25)23-11-5-9-17(23)14-28-19(24)15-7-4-8-16(13-15)22-31(26,27)18-10-6-12-30-18/h4,6-8,10,12-13,17,22H,5,9,11,14H2,1-3H3/t17-/m0/s1. The van der Waals surface area contributed by atoms with Crippen LogP contribution in [0.2, 0.25) is 0 Å². The van der Waals surface area contributed by atoms with Crippen molar-refractivity contribution in [3.05, 3.63) is 47.3 Å². The fourth-order valence-corrected chi connectivity index (χ4v) is 5.20. The van der Waals surface area contributed by atoms with Crippen molar-refractivity contribution in [2.24, 2.45) is 0 Å². The van der Waals surface area contributed by atoms with Crippen molar-refractivity contribution >= 4 is 39.1 Å². The number of likely N-dealkylation sites (tertiary alicyclic amines) is 1. The van der Waals surface area contributed by atoms with Crippen molar-refractivity contribution in [2.75, 3.05) is 17.9 Å². The summed E-state index contributed by atoms with van der Waals surface area (Å²) in [6, 6.07) is 9.01. The largest absolute Gasteiger partial charge is 0.460 e. The highest BCUT2D eigenvalue weighted by atomic mass is 32.2. The lowest BCUT2D eigenvalue weighted by Crippen LogP contribution is -2.42. The van der Waals surface area contributed by atoms with Gasteiger partial charge in [-0.2, -0.15) is 0 Å². The summed E-state index contributed by atoms with van der Waals surface area (Å²) in [5, 5.41) is 1.67. The van der Waals surface area contributed by atoms with Crippen LogP contribution in [-0.4, -0.2) is 50.2 Å². The molecule has 1 atom stereocenters. The molecule has 0 unspecified atom stereocenters. The molecule has 3 rings (SSSR count). The minimum absolute atomic E-state index is 0.0449. The molecule has 1 aromatic heterocycles. The Labute approximate surface area is 186 Å². The molecule has 0 spiro atoms. The van der Waals surface area contributed by atoms with Crippen LogP contribution < -0.4 is 4.72 Å². The first-order valence-electron chi connectivity index (χ1n) is 9.88. The summed E-state index contributed by atoms with van der Waals surface area (Å²) >= 11 is 1.10. The van der Waals surface area contributed by atoms with Crippen LogP contribution in [0.5, 0.6) is 0 Å². The van der Waals surface area contributed by atoms with Gasteiger partial charge in [0, 0.05) is 12.2 Å². The second-order valence-corrected chi connectivity index (χ2v) is 11.0. The summed E-state index contributed by atoms with van der Waals surface area (Å²) < 4.78 is 38.2. The Hall–Kier alpha value is -2.59. The van der Waals surface area contributed by atoms with Crippen LogP contribution in [-0.2, 0) is 19.5 Å². The van der Waals surface area contributed by atoms with Gasteiger partial charge in [0.05, 0.1) is 11.6 Å². The third-order valence-electron chi connectivity index (χ3n) is 4.52. The Kier molecular flexibility index (Phi) is 6.90. The number of carbonyl (C=O) groups is 2. The van der Waals surface area contributed by atoms with Crippen LogP contribution in [0.25, 0.3) is 0 Å². The van der Waals surface area contributed by atoms with Crippen LogP contribution in [0.15, 0.2) is 46.0 Å². The maximum absolute atomic E-state index is 12.5. The zero-order valence-electron chi connectivity index (χ0n) is 17.7. The van der Waals surface area contributed by atoms with Crippen molar-refractivity contribution < 1.29 is 27.5 Å². The molecule has 1 aliphatic heterocycles. The predicted octanol–water partition coefficient (Wildman–Crippen LogP) is 4.11. The number of thiophene rings is 1. The molecule has 0 bridgehead atoms. The highest BCUT2D eigenvalue weighted by Crippen LogP contribution is 2.23. The molecule has 1 saturated heterocycles. The second-order valence-electron chi connectivity index (χ2n) is 8.19. The highest BCUT2D eigenvalue weighted by molar-refractivity contribution is 7.94. The van der Waals surface area contributed by atoms with E-state index >= 15 is 0 Å². The minimum atomic E-state index is -3.71. The van der Waals surface area contributed by atoms with E-state index in [0.717, 1.165) is 17.8 Å². The Balaban J connectivity index is 1.61. The zero-order valence-corrected chi connectivity index (χ0v) is 19.3. The van der Waals surface area contributed by atoms with E-state index in [0.29, 0.717) is 13.0 Å². The lowest BCUT2D eigenvalue weighted by Gasteiger charge is -2.28. The Morgan fingerprint density at radius 2 is 2.00 bits per heavy atom. The first-order valence-corrected chi connectivity index (χ1v) is 12.2. The lowest BCUT2D eigenvalue weighted by molar-refractivity contribution is 0.0106. The summed E-state index contributed by atoms with van der Waals surface area (Å²) in [6.07, 6.45) is 1.10. The SMILES string of the molecule is CC(C)(C)OC(=O)N1CCC[C@H]1COC(=O)c1cccc(NS(=O)(=O)c2cccs2)c1. The summed E-state index contributed by atoms with van der Waals surface area (Å²) in [5.41, 5.74) is -0.120. The van der Waals surface area contributed by atoms with Gasteiger partial charge in [0.2, 0.25) is 0 Å². The lowest BCUT2D eigenvalue weighted by atomic mass is 10.2. The van der Waals surface area contributed by atoms with Gasteiger partial charge in [0.25, 0.3) is 10.0 Å². The van der Waals surface area contributed by atoms with Gasteiger partial charge in [-0.15, -0.1) is 11.3 Å². The van der Waals surface area contributed by atoms with Gasteiger partial charge >= 0.3 is 12.1 Å². The minimum Gasteiger partial charge on any atom is -0.460 e. The molecular formula is C21H26N2O6S2. The van der Waals surface area contributed by atoms with E-state index in [1.165, 1.54) is 12.1 Å². The Bertz CT molecular complexity index is 1030. The predicted molar refractivity (Wildman–Crippen MR) is 118 cm³/mol. The fourth-order valence-electron chi connectivity index (χ4n) is 3.16. The number of esters is 1. The second kappa shape index (κ2) is 9.27. The molecule has 8 nitrogen and oxygen atoms in total. The fraction of sp³-hybridized carbons (Fsp3) is 0.429. The molecule has 0 saturated carbocycles. The smallest absolute Gasteiger partial charge is 0.410 e. The number of amides is 1. The maximum Gasteiger partial charge on any atom is 0.410 e. The van der Waals surface area contributed by atoms with E-state index < -0.39 is 27.7 Å². The average molecular weight is 467 g/mol. The van der Waals surface area contributed by atoms with Gasteiger partial charge in [0.1, 0.15) is 16.4 Å². The molecule has 1 amide bonds. The molecule has 31 heavy (non-hydrogen) atoms. The first kappa shape index (κ1) is 23.1. The van der Waals surface area contributed by atoms with E-state index in [1.54, 1.807) is 55.3 Å². The number of sulfonamides is 1. The third kappa shape index (κ3) is 6.20. The Morgan fingerprint density at radius 3 is 2.68 bits per heavy atom. The van der Waals surface area contributed by atoms with E-state index in [4.69, 9.17) is 9.47 Å². The third-order valence-corrected chi connectivity index (χ3v) is 7.30. The maximum atomic E-state index is 12.5. The summed E-state index contributed by atoms with van der Waals surface area (Å²) in [4.78, 5) is 26.5. The van der Waals surface area contributed by atoms with Gasteiger partial charge in [-0.3, -0.25) is 4.72 Å². The first-order chi connectivity index (χ1) is 14.5. The number of nitrogens with zero attached hydrogens (tertiary/aromatic N) is 1. The van der Waals surface area contributed by atoms with E-state index in [9.17, 15) is 18.0 Å². The molecule has 1 aromatic carbocycles. The van der Waals surface area contributed by atoms with Crippen molar-refractivity contribution in [3.8, 4) is 0 Å². The number of rotatable bonds is 6. The number of carbonyl (C=O) groups excluding carboxylic acids is 2. The summed E-state index contributed by atoms with van der Waals surface area (Å²) in [7, 11) is -3.71. The number of nitrogens with one attached hydrogen (secondary N) is 1. The van der Waals surface area contributed by atoms with Gasteiger partial charge in [0.15, 0.2) is 0 Å². The molecule has 2 heterocycles. The number of benzene rings is 1. The highest BCUT2D eigenvalue weighted by Gasteiger charge is 2.33. The molecule has 0 aliphatic carbocycles. The van der Waals surface area contributed by atoms with Gasteiger partial charge in [-0.25, -0.2) is 18.0 Å². The molecule has 1 aliphatic rings. The molecular weight excluding hydrogens is 440 g/mol. The molecule has 168 valence electrons. The van der Waals surface area contributed by atoms with Gasteiger partial charge in [-0.1, -0.05) is 12.1 Å². The van der Waals surface area contributed by atoms with E-state index in [1.807, 2.05) is 0 Å². The summed E-state index contributed by atoms with van der Waals surface area (Å²) in [5.74, 6) is -0.590. The molecule has 1 N–H and O–H groups in total. The van der Waals surface area contributed by atoms with Crippen LogP contribution in [0, 0.1) is 0 Å². The van der Waals surface area contributed by atoms with Crippen molar-refractivity contribution in [2.45, 2.75) is 49.5 Å². The monoisotopic (exact) mass is 466 g/mol. The number of hydrogen-bond donors (Lipinski definition) is 1. The topological polar surface area (TPSA) is 102 Å². The zero-order chi connectivity index (χ0) is 22.6. The Morgan fingerprint density at radius 1 is 1.23 bits per heavy atom. The molecule has 10 heteroatoms. The normalized spacial score (nSPS) is 16.7. The van der Waals surface area contributed by atoms with Crippen molar-refractivity contribution in [3.63, 3.8) is 0 Å². The van der Waals surface area contributed by atoms with E-state index in [-0.39, 0.29) is 28.1 Å². The molecule has 1 fully saturated rings. The van der Waals surface area contributed by atoms with Crippen LogP contribution in [0.4, 0.5) is 10.5 Å². The van der Waals surface area contributed by atoms with Crippen LogP contribution in [0.3, 0.4) is 0 Å². The van der Waals surface area contributed by atoms with Crippen LogP contribution in [0.1, 0.15) is 44.0 Å². The van der Waals surface area contributed by atoms with Crippen molar-refractivity contribution in [1.82, 2.24) is 4.90 Å². The molecule has 2 aromatic rings.